The topological polar surface area (TPSA) is 78.9 Å². The summed E-state index contributed by atoms with van der Waals surface area (Å²) in [4.78, 5) is 37.7. The van der Waals surface area contributed by atoms with Gasteiger partial charge in [0.25, 0.3) is 0 Å². The molecule has 0 saturated carbocycles. The highest BCUT2D eigenvalue weighted by Crippen LogP contribution is 2.17. The van der Waals surface area contributed by atoms with E-state index in [2.05, 4.69) is 34.6 Å². The highest BCUT2D eigenvalue weighted by Gasteiger charge is 2.19. The van der Waals surface area contributed by atoms with Crippen molar-refractivity contribution in [1.29, 1.82) is 0 Å². The van der Waals surface area contributed by atoms with E-state index in [0.717, 1.165) is 69.6 Å². The van der Waals surface area contributed by atoms with E-state index in [1.807, 2.05) is 0 Å². The Kier molecular flexibility index (Phi) is 41.8. The summed E-state index contributed by atoms with van der Waals surface area (Å²) in [5.41, 5.74) is 0. The molecule has 332 valence electrons. The number of hydrogen-bond donors (Lipinski definition) is 0. The van der Waals surface area contributed by atoms with Gasteiger partial charge in [-0.05, 0) is 31.1 Å². The third-order valence-corrected chi connectivity index (χ3v) is 11.6. The molecule has 1 unspecified atom stereocenters. The maximum absolute atomic E-state index is 12.7. The zero-order valence-electron chi connectivity index (χ0n) is 38.3. The van der Waals surface area contributed by atoms with Crippen LogP contribution in [-0.4, -0.2) is 37.2 Å². The van der Waals surface area contributed by atoms with Crippen molar-refractivity contribution in [3.8, 4) is 0 Å². The van der Waals surface area contributed by atoms with Gasteiger partial charge >= 0.3 is 17.9 Å². The minimum atomic E-state index is -0.760. The molecule has 0 rings (SSSR count). The van der Waals surface area contributed by atoms with E-state index in [1.165, 1.54) is 161 Å². The fourth-order valence-corrected chi connectivity index (χ4v) is 7.43. The van der Waals surface area contributed by atoms with E-state index < -0.39 is 6.10 Å². The van der Waals surface area contributed by atoms with Gasteiger partial charge in [-0.1, -0.05) is 234 Å². The van der Waals surface area contributed by atoms with Crippen LogP contribution >= 0.6 is 0 Å². The van der Waals surface area contributed by atoms with Gasteiger partial charge in [-0.25, -0.2) is 0 Å². The molecule has 0 aromatic carbocycles. The van der Waals surface area contributed by atoms with Crippen LogP contribution in [0.15, 0.2) is 0 Å². The van der Waals surface area contributed by atoms with Gasteiger partial charge in [0.1, 0.15) is 13.2 Å². The van der Waals surface area contributed by atoms with Crippen LogP contribution in [-0.2, 0) is 28.6 Å². The van der Waals surface area contributed by atoms with E-state index in [1.54, 1.807) is 0 Å². The van der Waals surface area contributed by atoms with Gasteiger partial charge in [0.05, 0.1) is 0 Å². The Hall–Kier alpha value is -1.59. The highest BCUT2D eigenvalue weighted by molar-refractivity contribution is 5.71. The molecule has 6 nitrogen and oxygen atoms in total. The summed E-state index contributed by atoms with van der Waals surface area (Å²) >= 11 is 0. The van der Waals surface area contributed by atoms with Crippen LogP contribution in [0, 0.1) is 11.8 Å². The second kappa shape index (κ2) is 43.0. The largest absolute Gasteiger partial charge is 0.462 e. The third-order valence-electron chi connectivity index (χ3n) is 11.6. The van der Waals surface area contributed by atoms with Gasteiger partial charge in [-0.15, -0.1) is 0 Å². The number of carbonyl (C=O) groups excluding carboxylic acids is 3. The van der Waals surface area contributed by atoms with Crippen molar-refractivity contribution in [3.05, 3.63) is 0 Å². The lowest BCUT2D eigenvalue weighted by molar-refractivity contribution is -0.167. The molecule has 6 heteroatoms. The summed E-state index contributed by atoms with van der Waals surface area (Å²) < 4.78 is 16.7. The molecule has 0 aliphatic heterocycles. The smallest absolute Gasteiger partial charge is 0.306 e. The molecule has 0 spiro atoms. The van der Waals surface area contributed by atoms with Gasteiger partial charge in [-0.3, -0.25) is 14.4 Å². The predicted octanol–water partition coefficient (Wildman–Crippen LogP) is 15.8. The fourth-order valence-electron chi connectivity index (χ4n) is 7.43. The van der Waals surface area contributed by atoms with E-state index in [9.17, 15) is 14.4 Å². The van der Waals surface area contributed by atoms with Gasteiger partial charge in [-0.2, -0.15) is 0 Å². The van der Waals surface area contributed by atoms with Crippen molar-refractivity contribution < 1.29 is 28.6 Å². The first-order valence-electron chi connectivity index (χ1n) is 24.8. The Morgan fingerprint density at radius 2 is 0.679 bits per heavy atom. The first-order chi connectivity index (χ1) is 27.3. The Morgan fingerprint density at radius 3 is 1.02 bits per heavy atom. The molecule has 0 saturated heterocycles. The van der Waals surface area contributed by atoms with Crippen LogP contribution < -0.4 is 0 Å². The van der Waals surface area contributed by atoms with Crippen LogP contribution in [0.2, 0.25) is 0 Å². The fraction of sp³-hybridized carbons (Fsp3) is 0.940. The molecule has 0 aliphatic rings. The first kappa shape index (κ1) is 54.4. The lowest BCUT2D eigenvalue weighted by Gasteiger charge is -2.18. The van der Waals surface area contributed by atoms with Crippen LogP contribution in [0.1, 0.15) is 272 Å². The lowest BCUT2D eigenvalue weighted by Crippen LogP contribution is -2.30. The average molecular weight is 793 g/mol. The molecule has 0 heterocycles. The molecule has 0 amide bonds. The normalized spacial score (nSPS) is 12.5. The maximum Gasteiger partial charge on any atom is 0.306 e. The number of unbranched alkanes of at least 4 members (excludes halogenated alkanes) is 28. The van der Waals surface area contributed by atoms with Crippen molar-refractivity contribution in [2.24, 2.45) is 11.8 Å². The molecule has 0 radical (unpaired) electrons. The molecule has 0 aromatic rings. The van der Waals surface area contributed by atoms with Crippen molar-refractivity contribution >= 4 is 17.9 Å². The molecule has 0 N–H and O–H groups in total. The van der Waals surface area contributed by atoms with E-state index >= 15 is 0 Å². The first-order valence-corrected chi connectivity index (χ1v) is 24.8. The second-order valence-electron chi connectivity index (χ2n) is 17.8. The molecule has 0 aromatic heterocycles. The molecular formula is C50H96O6. The van der Waals surface area contributed by atoms with Crippen LogP contribution in [0.25, 0.3) is 0 Å². The second-order valence-corrected chi connectivity index (χ2v) is 17.8. The standard InChI is InChI=1S/C50H96O6/c1-6-8-9-10-23-30-35-40-48(51)54-43-47(44-55-49(52)41-36-31-26-22-21-25-29-34-39-46(5)7-2)56-50(53)42-37-32-27-20-18-16-14-12-11-13-15-17-19-24-28-33-38-45(3)4/h45-47H,6-44H2,1-5H3/t46?,47-/m1/s1. The number of rotatable bonds is 44. The summed E-state index contributed by atoms with van der Waals surface area (Å²) in [5.74, 6) is 0.841. The van der Waals surface area contributed by atoms with Crippen molar-refractivity contribution in [3.63, 3.8) is 0 Å². The minimum Gasteiger partial charge on any atom is -0.462 e. The molecular weight excluding hydrogens is 697 g/mol. The van der Waals surface area contributed by atoms with E-state index in [0.29, 0.717) is 19.3 Å². The quantitative estimate of drug-likeness (QED) is 0.0347. The number of carbonyl (C=O) groups is 3. The van der Waals surface area contributed by atoms with Gasteiger partial charge < -0.3 is 14.2 Å². The van der Waals surface area contributed by atoms with Gasteiger partial charge in [0.15, 0.2) is 6.10 Å². The SMILES string of the molecule is CCCCCCCCCC(=O)OC[C@H](COC(=O)CCCCCCCCCCC(C)CC)OC(=O)CCCCCCCCCCCCCCCCCCC(C)C. The summed E-state index contributed by atoms with van der Waals surface area (Å²) in [5, 5.41) is 0. The third kappa shape index (κ3) is 42.0. The minimum absolute atomic E-state index is 0.0650. The van der Waals surface area contributed by atoms with Gasteiger partial charge in [0, 0.05) is 19.3 Å². The van der Waals surface area contributed by atoms with Gasteiger partial charge in [0.2, 0.25) is 0 Å². The Balaban J connectivity index is 4.20. The van der Waals surface area contributed by atoms with Crippen LogP contribution in [0.5, 0.6) is 0 Å². The predicted molar refractivity (Wildman–Crippen MR) is 238 cm³/mol. The van der Waals surface area contributed by atoms with E-state index in [-0.39, 0.29) is 31.1 Å². The molecule has 2 atom stereocenters. The zero-order chi connectivity index (χ0) is 41.2. The number of ether oxygens (including phenoxy) is 3. The van der Waals surface area contributed by atoms with Crippen molar-refractivity contribution in [2.75, 3.05) is 13.2 Å². The zero-order valence-corrected chi connectivity index (χ0v) is 38.3. The Bertz CT molecular complexity index is 856. The summed E-state index contributed by atoms with van der Waals surface area (Å²) in [6, 6.07) is 0. The summed E-state index contributed by atoms with van der Waals surface area (Å²) in [6.45, 7) is 11.3. The van der Waals surface area contributed by atoms with Crippen LogP contribution in [0.3, 0.4) is 0 Å². The molecule has 0 fully saturated rings. The summed E-state index contributed by atoms with van der Waals surface area (Å²) in [6.07, 6.45) is 42.4. The van der Waals surface area contributed by atoms with Crippen LogP contribution in [0.4, 0.5) is 0 Å². The monoisotopic (exact) mass is 793 g/mol. The molecule has 56 heavy (non-hydrogen) atoms. The molecule has 0 aliphatic carbocycles. The average Bonchev–Trinajstić information content (AvgIpc) is 3.18. The molecule has 0 bridgehead atoms. The Labute approximate surface area is 348 Å². The highest BCUT2D eigenvalue weighted by atomic mass is 16.6. The van der Waals surface area contributed by atoms with Crippen molar-refractivity contribution in [2.45, 2.75) is 278 Å². The Morgan fingerprint density at radius 1 is 0.375 bits per heavy atom. The number of esters is 3. The van der Waals surface area contributed by atoms with Crippen molar-refractivity contribution in [1.82, 2.24) is 0 Å². The van der Waals surface area contributed by atoms with E-state index in [4.69, 9.17) is 14.2 Å². The maximum atomic E-state index is 12.7. The number of hydrogen-bond acceptors (Lipinski definition) is 6. The summed E-state index contributed by atoms with van der Waals surface area (Å²) in [7, 11) is 0. The lowest BCUT2D eigenvalue weighted by atomic mass is 9.99.